The first-order valence-electron chi connectivity index (χ1n) is 6.04. The zero-order valence-corrected chi connectivity index (χ0v) is 11.6. The van der Waals surface area contributed by atoms with Gasteiger partial charge in [0, 0.05) is 17.4 Å². The molecule has 0 aliphatic heterocycles. The van der Waals surface area contributed by atoms with Crippen LogP contribution in [0.2, 0.25) is 0 Å². The maximum atomic E-state index is 5.51. The van der Waals surface area contributed by atoms with Gasteiger partial charge in [-0.05, 0) is 43.7 Å². The van der Waals surface area contributed by atoms with Crippen molar-refractivity contribution >= 4 is 11.3 Å². The lowest BCUT2D eigenvalue weighted by Crippen LogP contribution is -1.99. The molecule has 0 saturated heterocycles. The molecular formula is C14H18N2OS. The molecule has 2 aromatic rings. The van der Waals surface area contributed by atoms with Crippen LogP contribution < -0.4 is 10.5 Å². The molecule has 4 heteroatoms. The van der Waals surface area contributed by atoms with Crippen LogP contribution in [0, 0.1) is 6.92 Å². The Balaban J connectivity index is 2.20. The van der Waals surface area contributed by atoms with Gasteiger partial charge in [0.1, 0.15) is 5.75 Å². The van der Waals surface area contributed by atoms with E-state index in [0.29, 0.717) is 0 Å². The van der Waals surface area contributed by atoms with Gasteiger partial charge in [-0.3, -0.25) is 0 Å². The molecule has 0 fully saturated rings. The van der Waals surface area contributed by atoms with E-state index >= 15 is 0 Å². The molecule has 0 unspecified atom stereocenters. The summed E-state index contributed by atoms with van der Waals surface area (Å²) in [5.41, 5.74) is 8.82. The van der Waals surface area contributed by atoms with Crippen molar-refractivity contribution in [1.29, 1.82) is 0 Å². The molecule has 0 bridgehead atoms. The molecule has 2 rings (SSSR count). The quantitative estimate of drug-likeness (QED) is 0.901. The van der Waals surface area contributed by atoms with Crippen LogP contribution >= 0.6 is 11.3 Å². The fraction of sp³-hybridized carbons (Fsp3) is 0.357. The van der Waals surface area contributed by atoms with E-state index < -0.39 is 0 Å². The highest BCUT2D eigenvalue weighted by Gasteiger charge is 2.06. The molecule has 0 saturated carbocycles. The Hall–Kier alpha value is -1.39. The summed E-state index contributed by atoms with van der Waals surface area (Å²) in [6, 6.07) is 6.15. The van der Waals surface area contributed by atoms with Crippen LogP contribution in [0.3, 0.4) is 0 Å². The zero-order valence-electron chi connectivity index (χ0n) is 10.8. The SMILES string of the molecule is COc1ccc(-c2csc(CCCN)n2)cc1C. The fourth-order valence-electron chi connectivity index (χ4n) is 1.85. The second kappa shape index (κ2) is 5.98. The van der Waals surface area contributed by atoms with Crippen molar-refractivity contribution in [3.05, 3.63) is 34.2 Å². The number of thiazole rings is 1. The molecule has 0 aliphatic carbocycles. The van der Waals surface area contributed by atoms with E-state index in [4.69, 9.17) is 10.5 Å². The lowest BCUT2D eigenvalue weighted by molar-refractivity contribution is 0.412. The molecular weight excluding hydrogens is 244 g/mol. The van der Waals surface area contributed by atoms with Gasteiger partial charge in [-0.15, -0.1) is 11.3 Å². The largest absolute Gasteiger partial charge is 0.496 e. The number of aromatic nitrogens is 1. The standard InChI is InChI=1S/C14H18N2OS/c1-10-8-11(5-6-13(10)17-2)12-9-18-14(16-12)4-3-7-15/h5-6,8-9H,3-4,7,15H2,1-2H3. The smallest absolute Gasteiger partial charge is 0.121 e. The van der Waals surface area contributed by atoms with Gasteiger partial charge < -0.3 is 10.5 Å². The maximum Gasteiger partial charge on any atom is 0.121 e. The first kappa shape index (κ1) is 13.1. The van der Waals surface area contributed by atoms with E-state index in [1.807, 2.05) is 19.1 Å². The first-order valence-corrected chi connectivity index (χ1v) is 6.92. The molecule has 0 radical (unpaired) electrons. The number of benzene rings is 1. The van der Waals surface area contributed by atoms with Gasteiger partial charge in [0.05, 0.1) is 17.8 Å². The van der Waals surface area contributed by atoms with Crippen molar-refractivity contribution in [1.82, 2.24) is 4.98 Å². The number of hydrogen-bond acceptors (Lipinski definition) is 4. The third-order valence-electron chi connectivity index (χ3n) is 2.84. The van der Waals surface area contributed by atoms with Crippen LogP contribution in [0.1, 0.15) is 17.0 Å². The molecule has 2 N–H and O–H groups in total. The van der Waals surface area contributed by atoms with Gasteiger partial charge in [0.25, 0.3) is 0 Å². The fourth-order valence-corrected chi connectivity index (χ4v) is 2.70. The number of nitrogens with two attached hydrogens (primary N) is 1. The van der Waals surface area contributed by atoms with Gasteiger partial charge in [-0.2, -0.15) is 0 Å². The minimum atomic E-state index is 0.719. The molecule has 0 aliphatic rings. The van der Waals surface area contributed by atoms with Crippen molar-refractivity contribution in [2.75, 3.05) is 13.7 Å². The molecule has 3 nitrogen and oxygen atoms in total. The Bertz CT molecular complexity index is 522. The molecule has 0 atom stereocenters. The van der Waals surface area contributed by atoms with Gasteiger partial charge in [0.15, 0.2) is 0 Å². The molecule has 96 valence electrons. The summed E-state index contributed by atoms with van der Waals surface area (Å²) in [6.07, 6.45) is 1.96. The number of hydrogen-bond donors (Lipinski definition) is 1. The number of nitrogens with zero attached hydrogens (tertiary/aromatic N) is 1. The molecule has 1 heterocycles. The van der Waals surface area contributed by atoms with E-state index in [1.54, 1.807) is 18.4 Å². The lowest BCUT2D eigenvalue weighted by atomic mass is 10.1. The van der Waals surface area contributed by atoms with Gasteiger partial charge in [-0.25, -0.2) is 4.98 Å². The van der Waals surface area contributed by atoms with E-state index in [9.17, 15) is 0 Å². The highest BCUT2D eigenvalue weighted by Crippen LogP contribution is 2.27. The third-order valence-corrected chi connectivity index (χ3v) is 3.75. The molecule has 1 aromatic heterocycles. The predicted molar refractivity (Wildman–Crippen MR) is 76.2 cm³/mol. The van der Waals surface area contributed by atoms with Gasteiger partial charge in [0.2, 0.25) is 0 Å². The number of rotatable bonds is 5. The second-order valence-corrected chi connectivity index (χ2v) is 5.15. The average Bonchev–Trinajstić information content (AvgIpc) is 2.85. The van der Waals surface area contributed by atoms with Crippen molar-refractivity contribution in [3.63, 3.8) is 0 Å². The Kier molecular flexibility index (Phi) is 4.33. The third kappa shape index (κ3) is 2.89. The summed E-state index contributed by atoms with van der Waals surface area (Å²) in [5, 5.41) is 3.26. The Labute approximate surface area is 112 Å². The van der Waals surface area contributed by atoms with Crippen molar-refractivity contribution in [2.24, 2.45) is 5.73 Å². The summed E-state index contributed by atoms with van der Waals surface area (Å²) < 4.78 is 5.26. The van der Waals surface area contributed by atoms with Crippen LogP contribution in [0.5, 0.6) is 5.75 Å². The van der Waals surface area contributed by atoms with Gasteiger partial charge >= 0.3 is 0 Å². The highest BCUT2D eigenvalue weighted by atomic mass is 32.1. The number of methoxy groups -OCH3 is 1. The molecule has 0 amide bonds. The monoisotopic (exact) mass is 262 g/mol. The molecule has 0 spiro atoms. The minimum absolute atomic E-state index is 0.719. The maximum absolute atomic E-state index is 5.51. The van der Waals surface area contributed by atoms with Crippen LogP contribution in [-0.4, -0.2) is 18.6 Å². The summed E-state index contributed by atoms with van der Waals surface area (Å²) >= 11 is 1.70. The van der Waals surface area contributed by atoms with Crippen molar-refractivity contribution < 1.29 is 4.74 Å². The first-order chi connectivity index (χ1) is 8.74. The summed E-state index contributed by atoms with van der Waals surface area (Å²) in [5.74, 6) is 0.914. The summed E-state index contributed by atoms with van der Waals surface area (Å²) in [7, 11) is 1.69. The highest BCUT2D eigenvalue weighted by molar-refractivity contribution is 7.09. The Morgan fingerprint density at radius 1 is 1.39 bits per heavy atom. The van der Waals surface area contributed by atoms with Gasteiger partial charge in [-0.1, -0.05) is 0 Å². The number of aryl methyl sites for hydroxylation is 2. The summed E-state index contributed by atoms with van der Waals surface area (Å²) in [6.45, 7) is 2.76. The van der Waals surface area contributed by atoms with E-state index in [2.05, 4.69) is 16.4 Å². The lowest BCUT2D eigenvalue weighted by Gasteiger charge is -2.05. The van der Waals surface area contributed by atoms with Crippen LogP contribution in [-0.2, 0) is 6.42 Å². The second-order valence-electron chi connectivity index (χ2n) is 4.20. The van der Waals surface area contributed by atoms with Crippen LogP contribution in [0.15, 0.2) is 23.6 Å². The molecule has 1 aromatic carbocycles. The average molecular weight is 262 g/mol. The predicted octanol–water partition coefficient (Wildman–Crippen LogP) is 3.02. The van der Waals surface area contributed by atoms with Crippen LogP contribution in [0.25, 0.3) is 11.3 Å². The summed E-state index contributed by atoms with van der Waals surface area (Å²) in [4.78, 5) is 4.64. The normalized spacial score (nSPS) is 10.6. The Morgan fingerprint density at radius 2 is 2.22 bits per heavy atom. The Morgan fingerprint density at radius 3 is 2.89 bits per heavy atom. The van der Waals surface area contributed by atoms with E-state index in [-0.39, 0.29) is 0 Å². The van der Waals surface area contributed by atoms with E-state index in [1.165, 1.54) is 0 Å². The minimum Gasteiger partial charge on any atom is -0.496 e. The number of ether oxygens (including phenoxy) is 1. The van der Waals surface area contributed by atoms with Crippen LogP contribution in [0.4, 0.5) is 0 Å². The molecule has 18 heavy (non-hydrogen) atoms. The van der Waals surface area contributed by atoms with E-state index in [0.717, 1.165) is 47.0 Å². The topological polar surface area (TPSA) is 48.1 Å². The zero-order chi connectivity index (χ0) is 13.0. The van der Waals surface area contributed by atoms with Crippen molar-refractivity contribution in [2.45, 2.75) is 19.8 Å². The van der Waals surface area contributed by atoms with Crippen molar-refractivity contribution in [3.8, 4) is 17.0 Å².